The molecule has 0 aliphatic heterocycles. The molecule has 2 N–H and O–H groups in total. The number of hydrogen-bond donors (Lipinski definition) is 2. The standard InChI is InChI=1S/C28H36N2O5/c1-5-30(19(4)27(32)33)26(31)15-20(14-18(2)3)16-29-28(34)35-17-25-23-12-8-6-10-21(23)22-11-7-9-13-24(22)25/h6-13,18-20,25H,5,14-17H2,1-4H3,(H,29,34)(H,32,33)/t19?,20-/m0/s1. The Kier molecular flexibility index (Phi) is 8.90. The molecule has 0 aromatic heterocycles. The second-order valence-electron chi connectivity index (χ2n) is 9.60. The van der Waals surface area contributed by atoms with Gasteiger partial charge < -0.3 is 20.1 Å². The predicted molar refractivity (Wildman–Crippen MR) is 135 cm³/mol. The molecule has 0 heterocycles. The Bertz CT molecular complexity index is 1010. The smallest absolute Gasteiger partial charge is 0.407 e. The highest BCUT2D eigenvalue weighted by molar-refractivity contribution is 5.83. The van der Waals surface area contributed by atoms with Gasteiger partial charge in [0.1, 0.15) is 12.6 Å². The Morgan fingerprint density at radius 1 is 1.00 bits per heavy atom. The lowest BCUT2D eigenvalue weighted by Crippen LogP contribution is -2.44. The minimum Gasteiger partial charge on any atom is -0.480 e. The zero-order valence-corrected chi connectivity index (χ0v) is 21.0. The molecule has 35 heavy (non-hydrogen) atoms. The van der Waals surface area contributed by atoms with Crippen molar-refractivity contribution < 1.29 is 24.2 Å². The summed E-state index contributed by atoms with van der Waals surface area (Å²) in [5, 5.41) is 12.1. The van der Waals surface area contributed by atoms with Gasteiger partial charge in [0.25, 0.3) is 0 Å². The van der Waals surface area contributed by atoms with Crippen molar-refractivity contribution >= 4 is 18.0 Å². The summed E-state index contributed by atoms with van der Waals surface area (Å²) in [6, 6.07) is 15.5. The maximum Gasteiger partial charge on any atom is 0.407 e. The van der Waals surface area contributed by atoms with E-state index >= 15 is 0 Å². The number of fused-ring (bicyclic) bond motifs is 3. The maximum atomic E-state index is 12.8. The second-order valence-corrected chi connectivity index (χ2v) is 9.60. The molecule has 2 atom stereocenters. The van der Waals surface area contributed by atoms with Crippen LogP contribution in [-0.2, 0) is 14.3 Å². The average molecular weight is 481 g/mol. The Morgan fingerprint density at radius 2 is 1.57 bits per heavy atom. The Labute approximate surface area is 207 Å². The molecular formula is C28H36N2O5. The summed E-state index contributed by atoms with van der Waals surface area (Å²) in [6.07, 6.45) is 0.390. The van der Waals surface area contributed by atoms with Gasteiger partial charge in [-0.2, -0.15) is 0 Å². The van der Waals surface area contributed by atoms with Crippen molar-refractivity contribution in [3.8, 4) is 11.1 Å². The van der Waals surface area contributed by atoms with Crippen molar-refractivity contribution in [3.05, 3.63) is 59.7 Å². The van der Waals surface area contributed by atoms with Gasteiger partial charge >= 0.3 is 12.1 Å². The second kappa shape index (κ2) is 11.9. The van der Waals surface area contributed by atoms with Crippen LogP contribution < -0.4 is 5.32 Å². The third kappa shape index (κ3) is 6.41. The number of carbonyl (C=O) groups excluding carboxylic acids is 2. The van der Waals surface area contributed by atoms with E-state index in [1.165, 1.54) is 23.0 Å². The topological polar surface area (TPSA) is 95.9 Å². The first-order chi connectivity index (χ1) is 16.7. The number of amides is 2. The van der Waals surface area contributed by atoms with Crippen molar-refractivity contribution in [2.75, 3.05) is 19.7 Å². The van der Waals surface area contributed by atoms with Crippen LogP contribution in [0.25, 0.3) is 11.1 Å². The molecule has 1 aliphatic carbocycles. The number of rotatable bonds is 11. The van der Waals surface area contributed by atoms with Crippen molar-refractivity contribution in [1.82, 2.24) is 10.2 Å². The number of carboxylic acids is 1. The molecule has 0 fully saturated rings. The molecule has 2 amide bonds. The van der Waals surface area contributed by atoms with E-state index in [0.717, 1.165) is 17.5 Å². The molecular weight excluding hydrogens is 444 g/mol. The quantitative estimate of drug-likeness (QED) is 0.477. The van der Waals surface area contributed by atoms with Gasteiger partial charge in [-0.05, 0) is 54.4 Å². The van der Waals surface area contributed by atoms with E-state index in [1.54, 1.807) is 6.92 Å². The summed E-state index contributed by atoms with van der Waals surface area (Å²) in [5.74, 6) is -1.06. The van der Waals surface area contributed by atoms with Gasteiger partial charge in [-0.3, -0.25) is 4.79 Å². The lowest BCUT2D eigenvalue weighted by molar-refractivity contribution is -0.149. The van der Waals surface area contributed by atoms with Crippen molar-refractivity contribution in [3.63, 3.8) is 0 Å². The molecule has 7 nitrogen and oxygen atoms in total. The molecule has 1 aliphatic rings. The number of nitrogens with one attached hydrogen (secondary N) is 1. The molecule has 1 unspecified atom stereocenters. The molecule has 0 spiro atoms. The minimum atomic E-state index is -1.03. The van der Waals surface area contributed by atoms with Gasteiger partial charge in [0.15, 0.2) is 0 Å². The van der Waals surface area contributed by atoms with E-state index in [-0.39, 0.29) is 30.8 Å². The number of carboxylic acid groups (broad SMARTS) is 1. The van der Waals surface area contributed by atoms with Crippen molar-refractivity contribution in [1.29, 1.82) is 0 Å². The summed E-state index contributed by atoms with van der Waals surface area (Å²) < 4.78 is 5.62. The summed E-state index contributed by atoms with van der Waals surface area (Å²) in [5.41, 5.74) is 4.64. The fourth-order valence-electron chi connectivity index (χ4n) is 4.95. The summed E-state index contributed by atoms with van der Waals surface area (Å²) in [6.45, 7) is 8.23. The van der Waals surface area contributed by atoms with Gasteiger partial charge in [0, 0.05) is 25.4 Å². The largest absolute Gasteiger partial charge is 0.480 e. The van der Waals surface area contributed by atoms with Gasteiger partial charge in [-0.25, -0.2) is 9.59 Å². The SMILES string of the molecule is CCN(C(=O)C[C@@H](CNC(=O)OCC1c2ccccc2-c2ccccc21)CC(C)C)C(C)C(=O)O. The highest BCUT2D eigenvalue weighted by Gasteiger charge is 2.30. The summed E-state index contributed by atoms with van der Waals surface area (Å²) in [4.78, 5) is 38.1. The lowest BCUT2D eigenvalue weighted by Gasteiger charge is -2.28. The van der Waals surface area contributed by atoms with Crippen LogP contribution in [0.1, 0.15) is 57.6 Å². The monoisotopic (exact) mass is 480 g/mol. The van der Waals surface area contributed by atoms with Gasteiger partial charge in [-0.15, -0.1) is 0 Å². The zero-order chi connectivity index (χ0) is 25.5. The fourth-order valence-corrected chi connectivity index (χ4v) is 4.95. The first-order valence-corrected chi connectivity index (χ1v) is 12.3. The number of nitrogens with zero attached hydrogens (tertiary/aromatic N) is 1. The molecule has 2 aromatic carbocycles. The predicted octanol–water partition coefficient (Wildman–Crippen LogP) is 4.90. The zero-order valence-electron chi connectivity index (χ0n) is 21.0. The highest BCUT2D eigenvalue weighted by atomic mass is 16.5. The van der Waals surface area contributed by atoms with Gasteiger partial charge in [0.05, 0.1) is 0 Å². The molecule has 0 bridgehead atoms. The normalized spacial score (nSPS) is 14.1. The Morgan fingerprint density at radius 3 is 2.09 bits per heavy atom. The van der Waals surface area contributed by atoms with Crippen LogP contribution in [-0.4, -0.2) is 53.7 Å². The summed E-state index contributed by atoms with van der Waals surface area (Å²) >= 11 is 0. The van der Waals surface area contributed by atoms with E-state index in [4.69, 9.17) is 4.74 Å². The fraction of sp³-hybridized carbons (Fsp3) is 0.464. The molecule has 2 aromatic rings. The van der Waals surface area contributed by atoms with Crippen LogP contribution >= 0.6 is 0 Å². The third-order valence-corrected chi connectivity index (χ3v) is 6.63. The van der Waals surface area contributed by atoms with Crippen molar-refractivity contribution in [2.45, 2.75) is 52.5 Å². The molecule has 188 valence electrons. The molecule has 3 rings (SSSR count). The highest BCUT2D eigenvalue weighted by Crippen LogP contribution is 2.44. The molecule has 0 saturated carbocycles. The van der Waals surface area contributed by atoms with E-state index in [9.17, 15) is 19.5 Å². The van der Waals surface area contributed by atoms with Crippen LogP contribution in [0.3, 0.4) is 0 Å². The van der Waals surface area contributed by atoms with Crippen LogP contribution in [0.2, 0.25) is 0 Å². The van der Waals surface area contributed by atoms with Crippen molar-refractivity contribution in [2.24, 2.45) is 11.8 Å². The van der Waals surface area contributed by atoms with E-state index < -0.39 is 18.1 Å². The number of alkyl carbamates (subject to hydrolysis) is 1. The summed E-state index contributed by atoms with van der Waals surface area (Å²) in [7, 11) is 0. The minimum absolute atomic E-state index is 0.0168. The maximum absolute atomic E-state index is 12.8. The molecule has 0 saturated heterocycles. The number of carbonyl (C=O) groups is 3. The average Bonchev–Trinajstić information content (AvgIpc) is 3.15. The number of benzene rings is 2. The number of likely N-dealkylation sites (N-methyl/N-ethyl adjacent to an activating group) is 1. The Balaban J connectivity index is 1.58. The number of aliphatic carboxylic acids is 1. The lowest BCUT2D eigenvalue weighted by atomic mass is 9.93. The third-order valence-electron chi connectivity index (χ3n) is 6.63. The Hall–Kier alpha value is -3.35. The van der Waals surface area contributed by atoms with E-state index in [0.29, 0.717) is 19.0 Å². The molecule has 0 radical (unpaired) electrons. The number of hydrogen-bond acceptors (Lipinski definition) is 4. The first kappa shape index (κ1) is 26.3. The van der Waals surface area contributed by atoms with E-state index in [2.05, 4.69) is 43.4 Å². The van der Waals surface area contributed by atoms with Gasteiger partial charge in [0.2, 0.25) is 5.91 Å². The molecule has 7 heteroatoms. The van der Waals surface area contributed by atoms with E-state index in [1.807, 2.05) is 24.3 Å². The van der Waals surface area contributed by atoms with Crippen LogP contribution in [0.4, 0.5) is 4.79 Å². The van der Waals surface area contributed by atoms with Gasteiger partial charge in [-0.1, -0.05) is 62.4 Å². The number of ether oxygens (including phenoxy) is 1. The van der Waals surface area contributed by atoms with Crippen LogP contribution in [0.5, 0.6) is 0 Å². The van der Waals surface area contributed by atoms with Crippen LogP contribution in [0, 0.1) is 11.8 Å². The van der Waals surface area contributed by atoms with Crippen LogP contribution in [0.15, 0.2) is 48.5 Å². The first-order valence-electron chi connectivity index (χ1n) is 12.3.